The zero-order valence-corrected chi connectivity index (χ0v) is 11.8. The maximum Gasteiger partial charge on any atom is 0.0832 e. The number of aliphatic hydroxyl groups is 1. The smallest absolute Gasteiger partial charge is 0.0832 e. The molecule has 0 saturated heterocycles. The summed E-state index contributed by atoms with van der Waals surface area (Å²) in [4.78, 5) is 0. The molecule has 0 bridgehead atoms. The average molecular weight is 259 g/mol. The maximum atomic E-state index is 8.85. The van der Waals surface area contributed by atoms with Gasteiger partial charge in [0.15, 0.2) is 0 Å². The highest BCUT2D eigenvalue weighted by Gasteiger charge is 2.19. The van der Waals surface area contributed by atoms with Gasteiger partial charge in [0.25, 0.3) is 0 Å². The molecule has 4 heteroatoms. The van der Waals surface area contributed by atoms with Gasteiger partial charge in [-0.1, -0.05) is 44.2 Å². The minimum Gasteiger partial charge on any atom is -0.396 e. The summed E-state index contributed by atoms with van der Waals surface area (Å²) in [6.07, 6.45) is 3.42. The Hall–Kier alpha value is -1.68. The highest BCUT2D eigenvalue weighted by molar-refractivity contribution is 5.44. The van der Waals surface area contributed by atoms with Crippen molar-refractivity contribution in [3.05, 3.63) is 41.7 Å². The minimum atomic E-state index is 0.0633. The molecule has 0 unspecified atom stereocenters. The van der Waals surface area contributed by atoms with E-state index in [-0.39, 0.29) is 12.0 Å². The Morgan fingerprint density at radius 3 is 2.63 bits per heavy atom. The molecule has 0 aliphatic heterocycles. The molecule has 19 heavy (non-hydrogen) atoms. The molecule has 2 rings (SSSR count). The van der Waals surface area contributed by atoms with Gasteiger partial charge in [0.2, 0.25) is 0 Å². The zero-order chi connectivity index (χ0) is 13.9. The molecule has 1 aromatic carbocycles. The molecular weight excluding hydrogens is 238 g/mol. The number of nitrogens with zero attached hydrogens (tertiary/aromatic N) is 3. The Balaban J connectivity index is 2.34. The summed E-state index contributed by atoms with van der Waals surface area (Å²) in [5.41, 5.74) is 3.29. The first kappa shape index (κ1) is 13.7. The zero-order valence-electron chi connectivity index (χ0n) is 11.8. The van der Waals surface area contributed by atoms with Gasteiger partial charge in [-0.05, 0) is 29.9 Å². The predicted octanol–water partition coefficient (Wildman–Crippen LogP) is 2.49. The lowest BCUT2D eigenvalue weighted by molar-refractivity contribution is 0.288. The number of aryl methyl sites for hydroxylation is 1. The van der Waals surface area contributed by atoms with E-state index in [1.165, 1.54) is 5.56 Å². The molecule has 1 N–H and O–H groups in total. The van der Waals surface area contributed by atoms with Gasteiger partial charge >= 0.3 is 0 Å². The average Bonchev–Trinajstić information content (AvgIpc) is 2.84. The molecule has 0 amide bonds. The fourth-order valence-electron chi connectivity index (χ4n) is 2.10. The Labute approximate surface area is 114 Å². The second kappa shape index (κ2) is 5.53. The number of hydrogen-bond donors (Lipinski definition) is 1. The first-order valence-corrected chi connectivity index (χ1v) is 6.64. The lowest BCUT2D eigenvalue weighted by Crippen LogP contribution is -2.15. The maximum absolute atomic E-state index is 8.85. The molecular formula is C15H21N3O. The standard InChI is InChI=1S/C15H21N3O/c1-15(2,3)13-8-4-5-9-14(13)18-11-12(16-17-18)7-6-10-19/h4-5,8-9,11,19H,6-7,10H2,1-3H3. The third-order valence-corrected chi connectivity index (χ3v) is 3.09. The van der Waals surface area contributed by atoms with Gasteiger partial charge in [0.1, 0.15) is 0 Å². The predicted molar refractivity (Wildman–Crippen MR) is 75.5 cm³/mol. The van der Waals surface area contributed by atoms with Crippen LogP contribution in [0.4, 0.5) is 0 Å². The van der Waals surface area contributed by atoms with E-state index >= 15 is 0 Å². The van der Waals surface area contributed by atoms with Crippen LogP contribution < -0.4 is 0 Å². The molecule has 2 aromatic rings. The Morgan fingerprint density at radius 1 is 1.21 bits per heavy atom. The van der Waals surface area contributed by atoms with Crippen LogP contribution in [0.1, 0.15) is 38.4 Å². The van der Waals surface area contributed by atoms with Crippen molar-refractivity contribution in [2.24, 2.45) is 0 Å². The summed E-state index contributed by atoms with van der Waals surface area (Å²) < 4.78 is 1.83. The molecule has 0 spiro atoms. The molecule has 102 valence electrons. The molecule has 0 atom stereocenters. The van der Waals surface area contributed by atoms with Crippen molar-refractivity contribution >= 4 is 0 Å². The molecule has 4 nitrogen and oxygen atoms in total. The largest absolute Gasteiger partial charge is 0.396 e. The summed E-state index contributed by atoms with van der Waals surface area (Å²) >= 11 is 0. The van der Waals surface area contributed by atoms with Crippen molar-refractivity contribution in [3.8, 4) is 5.69 Å². The van der Waals surface area contributed by atoms with Crippen LogP contribution in [0.15, 0.2) is 30.5 Å². The third-order valence-electron chi connectivity index (χ3n) is 3.09. The third kappa shape index (κ3) is 3.20. The summed E-state index contributed by atoms with van der Waals surface area (Å²) in [7, 11) is 0. The molecule has 1 heterocycles. The topological polar surface area (TPSA) is 50.9 Å². The van der Waals surface area contributed by atoms with Crippen molar-refractivity contribution in [1.29, 1.82) is 0 Å². The van der Waals surface area contributed by atoms with E-state index in [2.05, 4.69) is 43.2 Å². The van der Waals surface area contributed by atoms with Gasteiger partial charge in [-0.2, -0.15) is 0 Å². The number of rotatable bonds is 4. The van der Waals surface area contributed by atoms with Gasteiger partial charge in [0, 0.05) is 6.61 Å². The number of para-hydroxylation sites is 1. The first-order chi connectivity index (χ1) is 9.02. The van der Waals surface area contributed by atoms with E-state index in [9.17, 15) is 0 Å². The highest BCUT2D eigenvalue weighted by Crippen LogP contribution is 2.27. The van der Waals surface area contributed by atoms with E-state index in [1.54, 1.807) is 0 Å². The summed E-state index contributed by atoms with van der Waals surface area (Å²) in [6.45, 7) is 6.76. The van der Waals surface area contributed by atoms with Crippen molar-refractivity contribution < 1.29 is 5.11 Å². The monoisotopic (exact) mass is 259 g/mol. The van der Waals surface area contributed by atoms with Crippen molar-refractivity contribution in [3.63, 3.8) is 0 Å². The van der Waals surface area contributed by atoms with Crippen LogP contribution in [0.3, 0.4) is 0 Å². The van der Waals surface area contributed by atoms with Gasteiger partial charge in [-0.3, -0.25) is 0 Å². The quantitative estimate of drug-likeness (QED) is 0.917. The van der Waals surface area contributed by atoms with E-state index in [0.717, 1.165) is 24.2 Å². The van der Waals surface area contributed by atoms with Crippen LogP contribution in [0.5, 0.6) is 0 Å². The molecule has 0 fully saturated rings. The van der Waals surface area contributed by atoms with Gasteiger partial charge in [-0.15, -0.1) is 5.10 Å². The van der Waals surface area contributed by atoms with Crippen molar-refractivity contribution in [1.82, 2.24) is 15.0 Å². The van der Waals surface area contributed by atoms with Gasteiger partial charge < -0.3 is 5.11 Å². The fourth-order valence-corrected chi connectivity index (χ4v) is 2.10. The van der Waals surface area contributed by atoms with Crippen LogP contribution in [0.25, 0.3) is 5.69 Å². The van der Waals surface area contributed by atoms with Crippen LogP contribution in [-0.4, -0.2) is 26.7 Å². The minimum absolute atomic E-state index is 0.0633. The molecule has 0 radical (unpaired) electrons. The van der Waals surface area contributed by atoms with Crippen LogP contribution >= 0.6 is 0 Å². The molecule has 1 aromatic heterocycles. The lowest BCUT2D eigenvalue weighted by Gasteiger charge is -2.22. The fraction of sp³-hybridized carbons (Fsp3) is 0.467. The Kier molecular flexibility index (Phi) is 4.00. The van der Waals surface area contributed by atoms with E-state index in [0.29, 0.717) is 0 Å². The lowest BCUT2D eigenvalue weighted by atomic mass is 9.86. The van der Waals surface area contributed by atoms with Crippen LogP contribution in [-0.2, 0) is 11.8 Å². The molecule has 0 saturated carbocycles. The normalized spacial score (nSPS) is 11.8. The van der Waals surface area contributed by atoms with E-state index in [1.807, 2.05) is 23.0 Å². The summed E-state index contributed by atoms with van der Waals surface area (Å²) in [5.74, 6) is 0. The first-order valence-electron chi connectivity index (χ1n) is 6.64. The van der Waals surface area contributed by atoms with E-state index < -0.39 is 0 Å². The second-order valence-electron chi connectivity index (χ2n) is 5.75. The number of hydrogen-bond acceptors (Lipinski definition) is 3. The number of aliphatic hydroxyl groups excluding tert-OH is 1. The highest BCUT2D eigenvalue weighted by atomic mass is 16.2. The summed E-state index contributed by atoms with van der Waals surface area (Å²) in [6, 6.07) is 8.25. The van der Waals surface area contributed by atoms with Crippen LogP contribution in [0, 0.1) is 0 Å². The van der Waals surface area contributed by atoms with Crippen molar-refractivity contribution in [2.45, 2.75) is 39.0 Å². The van der Waals surface area contributed by atoms with Gasteiger partial charge in [-0.25, -0.2) is 4.68 Å². The SMILES string of the molecule is CC(C)(C)c1ccccc1-n1cc(CCCO)nn1. The second-order valence-corrected chi connectivity index (χ2v) is 5.75. The van der Waals surface area contributed by atoms with Crippen molar-refractivity contribution in [2.75, 3.05) is 6.61 Å². The number of benzene rings is 1. The summed E-state index contributed by atoms with van der Waals surface area (Å²) in [5, 5.41) is 17.2. The van der Waals surface area contributed by atoms with Crippen LogP contribution in [0.2, 0.25) is 0 Å². The Bertz CT molecular complexity index is 540. The molecule has 0 aliphatic rings. The van der Waals surface area contributed by atoms with Gasteiger partial charge in [0.05, 0.1) is 17.6 Å². The van der Waals surface area contributed by atoms with E-state index in [4.69, 9.17) is 5.11 Å². The number of aromatic nitrogens is 3. The Morgan fingerprint density at radius 2 is 1.95 bits per heavy atom. The molecule has 0 aliphatic carbocycles.